The minimum Gasteiger partial charge on any atom is -0.374 e. The van der Waals surface area contributed by atoms with E-state index in [0.717, 1.165) is 54.4 Å². The van der Waals surface area contributed by atoms with Gasteiger partial charge in [0, 0.05) is 63.4 Å². The first-order valence-corrected chi connectivity index (χ1v) is 12.5. The van der Waals surface area contributed by atoms with Gasteiger partial charge in [-0.2, -0.15) is 0 Å². The topological polar surface area (TPSA) is 93.4 Å². The molecule has 2 aromatic heterocycles. The van der Waals surface area contributed by atoms with Crippen molar-refractivity contribution in [1.82, 2.24) is 19.6 Å². The molecule has 1 aliphatic heterocycles. The third-order valence-corrected chi connectivity index (χ3v) is 7.38. The van der Waals surface area contributed by atoms with E-state index in [0.29, 0.717) is 6.54 Å². The van der Waals surface area contributed by atoms with Crippen LogP contribution in [0.15, 0.2) is 53.7 Å². The Morgan fingerprint density at radius 3 is 2.78 bits per heavy atom. The number of likely N-dealkylation sites (tertiary alicyclic amines) is 1. The molecule has 2 aromatic rings. The largest absolute Gasteiger partial charge is 0.374 e. The molecule has 32 heavy (non-hydrogen) atoms. The number of hydrogen-bond acceptors (Lipinski definition) is 6. The van der Waals surface area contributed by atoms with E-state index in [2.05, 4.69) is 55.5 Å². The third-order valence-electron chi connectivity index (χ3n) is 5.85. The van der Waals surface area contributed by atoms with Gasteiger partial charge in [-0.1, -0.05) is 26.0 Å². The Bertz CT molecular complexity index is 1060. The van der Waals surface area contributed by atoms with Gasteiger partial charge in [-0.15, -0.1) is 0 Å². The van der Waals surface area contributed by atoms with Crippen LogP contribution in [0.2, 0.25) is 0 Å². The molecule has 3 heterocycles. The zero-order valence-corrected chi connectivity index (χ0v) is 20.2. The maximum Gasteiger partial charge on any atom is 0.242 e. The summed E-state index contributed by atoms with van der Waals surface area (Å²) in [5.74, 6) is 1.74. The highest BCUT2D eigenvalue weighted by atomic mass is 32.2. The Morgan fingerprint density at radius 2 is 2.16 bits per heavy atom. The standard InChI is InChI=1S/C23H34N6O2S/c1-6-17(3)14-21(20-10-12-25-23(20)24-4)29-13-11-18(16-29)28(5)22-9-8-19(15-26-22)32(30,31)27-7-2/h8-10,12,14-15,18,24-25,27H,3,6-7,11,13,16H2,1-2,4-5H3/b21-14+. The lowest BCUT2D eigenvalue weighted by Crippen LogP contribution is -2.35. The fraction of sp³-hybridized carbons (Fsp3) is 0.435. The lowest BCUT2D eigenvalue weighted by Gasteiger charge is -2.28. The maximum absolute atomic E-state index is 12.2. The van der Waals surface area contributed by atoms with Crippen LogP contribution in [0.25, 0.3) is 5.70 Å². The van der Waals surface area contributed by atoms with E-state index < -0.39 is 10.0 Å². The zero-order valence-electron chi connectivity index (χ0n) is 19.4. The number of rotatable bonds is 10. The second-order valence-corrected chi connectivity index (χ2v) is 9.68. The molecule has 0 bridgehead atoms. The Labute approximate surface area is 191 Å². The van der Waals surface area contributed by atoms with E-state index >= 15 is 0 Å². The number of allylic oxidation sites excluding steroid dienone is 2. The second-order valence-electron chi connectivity index (χ2n) is 7.91. The number of pyridine rings is 1. The van der Waals surface area contributed by atoms with Crippen molar-refractivity contribution in [1.29, 1.82) is 0 Å². The maximum atomic E-state index is 12.2. The highest BCUT2D eigenvalue weighted by molar-refractivity contribution is 7.89. The average molecular weight is 459 g/mol. The number of nitrogens with zero attached hydrogens (tertiary/aromatic N) is 3. The second kappa shape index (κ2) is 10.2. The van der Waals surface area contributed by atoms with Crippen LogP contribution in [-0.2, 0) is 10.0 Å². The van der Waals surface area contributed by atoms with Crippen LogP contribution in [-0.4, -0.2) is 63.1 Å². The van der Waals surface area contributed by atoms with Crippen molar-refractivity contribution in [3.05, 3.63) is 54.4 Å². The molecule has 0 saturated carbocycles. The highest BCUT2D eigenvalue weighted by Crippen LogP contribution is 2.32. The van der Waals surface area contributed by atoms with Gasteiger partial charge in [-0.3, -0.25) is 0 Å². The van der Waals surface area contributed by atoms with Crippen LogP contribution >= 0.6 is 0 Å². The molecule has 9 heteroatoms. The average Bonchev–Trinajstić information content (AvgIpc) is 3.46. The molecule has 1 aliphatic rings. The van der Waals surface area contributed by atoms with E-state index in [-0.39, 0.29) is 10.9 Å². The van der Waals surface area contributed by atoms with E-state index in [9.17, 15) is 8.42 Å². The van der Waals surface area contributed by atoms with Crippen molar-refractivity contribution in [3.8, 4) is 0 Å². The molecule has 0 radical (unpaired) electrons. The first kappa shape index (κ1) is 23.9. The Balaban J connectivity index is 1.78. The molecule has 3 N–H and O–H groups in total. The summed E-state index contributed by atoms with van der Waals surface area (Å²) in [7, 11) is 0.421. The molecule has 0 amide bonds. The quantitative estimate of drug-likeness (QED) is 0.473. The highest BCUT2D eigenvalue weighted by Gasteiger charge is 2.29. The predicted molar refractivity (Wildman–Crippen MR) is 131 cm³/mol. The third kappa shape index (κ3) is 5.16. The summed E-state index contributed by atoms with van der Waals surface area (Å²) in [5.41, 5.74) is 3.36. The summed E-state index contributed by atoms with van der Waals surface area (Å²) < 4.78 is 26.8. The normalized spacial score (nSPS) is 16.9. The molecule has 1 fully saturated rings. The van der Waals surface area contributed by atoms with Gasteiger partial charge in [0.05, 0.1) is 0 Å². The molecule has 174 valence electrons. The van der Waals surface area contributed by atoms with Gasteiger partial charge < -0.3 is 20.1 Å². The number of aromatic amines is 1. The molecular weight excluding hydrogens is 424 g/mol. The van der Waals surface area contributed by atoms with Crippen molar-refractivity contribution in [2.24, 2.45) is 0 Å². The fourth-order valence-corrected chi connectivity index (χ4v) is 4.89. The summed E-state index contributed by atoms with van der Waals surface area (Å²) in [4.78, 5) is 12.4. The molecule has 0 aromatic carbocycles. The number of aromatic nitrogens is 2. The lowest BCUT2D eigenvalue weighted by atomic mass is 10.1. The number of likely N-dealkylation sites (N-methyl/N-ethyl adjacent to an activating group) is 1. The van der Waals surface area contributed by atoms with Crippen LogP contribution in [0.4, 0.5) is 11.6 Å². The van der Waals surface area contributed by atoms with Crippen molar-refractivity contribution < 1.29 is 8.42 Å². The molecule has 0 aliphatic carbocycles. The van der Waals surface area contributed by atoms with Crippen molar-refractivity contribution in [2.75, 3.05) is 43.9 Å². The summed E-state index contributed by atoms with van der Waals surface area (Å²) in [6.07, 6.45) is 7.41. The van der Waals surface area contributed by atoms with Crippen molar-refractivity contribution >= 4 is 27.4 Å². The van der Waals surface area contributed by atoms with Gasteiger partial charge in [0.25, 0.3) is 0 Å². The Morgan fingerprint density at radius 1 is 1.38 bits per heavy atom. The van der Waals surface area contributed by atoms with Crippen molar-refractivity contribution in [2.45, 2.75) is 37.6 Å². The van der Waals surface area contributed by atoms with E-state index in [1.165, 1.54) is 6.20 Å². The van der Waals surface area contributed by atoms with Gasteiger partial charge in [0.2, 0.25) is 10.0 Å². The molecule has 1 unspecified atom stereocenters. The predicted octanol–water partition coefficient (Wildman–Crippen LogP) is 3.27. The number of nitrogens with one attached hydrogen (secondary N) is 3. The van der Waals surface area contributed by atoms with Crippen LogP contribution < -0.4 is 14.9 Å². The molecule has 3 rings (SSSR count). The van der Waals surface area contributed by atoms with Gasteiger partial charge in [-0.25, -0.2) is 18.1 Å². The first-order chi connectivity index (χ1) is 15.3. The summed E-state index contributed by atoms with van der Waals surface area (Å²) in [6.45, 7) is 10.2. The number of hydrogen-bond donors (Lipinski definition) is 3. The van der Waals surface area contributed by atoms with Crippen LogP contribution in [0, 0.1) is 0 Å². The SMILES string of the molecule is C=C(/C=C(\c1cc[nH]c1NC)N1CCC(N(C)c2ccc(S(=O)(=O)NCC)cn2)C1)CC. The smallest absolute Gasteiger partial charge is 0.242 e. The summed E-state index contributed by atoms with van der Waals surface area (Å²) in [6, 6.07) is 5.73. The Hall–Kier alpha value is -2.78. The first-order valence-electron chi connectivity index (χ1n) is 11.0. The number of sulfonamides is 1. The zero-order chi connectivity index (χ0) is 23.3. The monoisotopic (exact) mass is 458 g/mol. The van der Waals surface area contributed by atoms with Crippen LogP contribution in [0.5, 0.6) is 0 Å². The number of H-pyrrole nitrogens is 1. The molecule has 0 spiro atoms. The van der Waals surface area contributed by atoms with Crippen molar-refractivity contribution in [3.63, 3.8) is 0 Å². The summed E-state index contributed by atoms with van der Waals surface area (Å²) in [5, 5.41) is 3.23. The van der Waals surface area contributed by atoms with Gasteiger partial charge in [-0.05, 0) is 37.1 Å². The summed E-state index contributed by atoms with van der Waals surface area (Å²) >= 11 is 0. The minimum absolute atomic E-state index is 0.180. The fourth-order valence-electron chi connectivity index (χ4n) is 3.90. The van der Waals surface area contributed by atoms with Gasteiger partial charge in [0.1, 0.15) is 16.5 Å². The molecular formula is C23H34N6O2S. The van der Waals surface area contributed by atoms with Crippen LogP contribution in [0.1, 0.15) is 32.3 Å². The molecule has 1 saturated heterocycles. The minimum atomic E-state index is -3.50. The lowest BCUT2D eigenvalue weighted by molar-refractivity contribution is 0.480. The van der Waals surface area contributed by atoms with E-state index in [1.807, 2.05) is 20.3 Å². The van der Waals surface area contributed by atoms with E-state index in [1.54, 1.807) is 19.1 Å². The van der Waals surface area contributed by atoms with Gasteiger partial charge in [0.15, 0.2) is 0 Å². The number of anilines is 2. The molecule has 1 atom stereocenters. The van der Waals surface area contributed by atoms with E-state index in [4.69, 9.17) is 0 Å². The Kier molecular flexibility index (Phi) is 7.63. The van der Waals surface area contributed by atoms with Crippen LogP contribution in [0.3, 0.4) is 0 Å². The molecule has 8 nitrogen and oxygen atoms in total. The van der Waals surface area contributed by atoms with Gasteiger partial charge >= 0.3 is 0 Å².